The van der Waals surface area contributed by atoms with Gasteiger partial charge in [0.25, 0.3) is 0 Å². The topological polar surface area (TPSA) is 17.1 Å². The standard InChI is InChI=1S/C13H12O/c1-8(14)9-4-5-12-10-2-3-11(6-10)13(12)7-9/h2-5,7,10-11H,6H2,1H3. The number of hydrogen-bond acceptors (Lipinski definition) is 1. The van der Waals surface area contributed by atoms with E-state index in [1.165, 1.54) is 17.5 Å². The average Bonchev–Trinajstić information content (AvgIpc) is 2.77. The quantitative estimate of drug-likeness (QED) is 0.484. The van der Waals surface area contributed by atoms with Gasteiger partial charge in [0, 0.05) is 17.4 Å². The zero-order chi connectivity index (χ0) is 9.71. The van der Waals surface area contributed by atoms with Gasteiger partial charge in [-0.15, -0.1) is 0 Å². The van der Waals surface area contributed by atoms with E-state index in [0.29, 0.717) is 11.8 Å². The molecule has 0 N–H and O–H groups in total. The molecule has 1 aromatic carbocycles. The summed E-state index contributed by atoms with van der Waals surface area (Å²) in [7, 11) is 0. The zero-order valence-corrected chi connectivity index (χ0v) is 8.16. The lowest BCUT2D eigenvalue weighted by molar-refractivity contribution is 0.101. The molecule has 0 fully saturated rings. The average molecular weight is 184 g/mol. The molecule has 2 atom stereocenters. The van der Waals surface area contributed by atoms with Crippen molar-refractivity contribution >= 4 is 5.78 Å². The Labute approximate surface area is 83.4 Å². The van der Waals surface area contributed by atoms with Gasteiger partial charge in [-0.25, -0.2) is 0 Å². The van der Waals surface area contributed by atoms with Crippen LogP contribution in [0.1, 0.15) is 46.7 Å². The third-order valence-electron chi connectivity index (χ3n) is 3.38. The van der Waals surface area contributed by atoms with Crippen molar-refractivity contribution < 1.29 is 4.79 Å². The van der Waals surface area contributed by atoms with Gasteiger partial charge in [0.15, 0.2) is 5.78 Å². The molecule has 2 unspecified atom stereocenters. The first-order valence-electron chi connectivity index (χ1n) is 5.09. The first kappa shape index (κ1) is 7.98. The van der Waals surface area contributed by atoms with Gasteiger partial charge < -0.3 is 0 Å². The van der Waals surface area contributed by atoms with Crippen LogP contribution in [-0.4, -0.2) is 5.78 Å². The van der Waals surface area contributed by atoms with Crippen LogP contribution < -0.4 is 0 Å². The van der Waals surface area contributed by atoms with Gasteiger partial charge in [-0.05, 0) is 30.5 Å². The highest BCUT2D eigenvalue weighted by molar-refractivity contribution is 5.94. The number of ketones is 1. The normalized spacial score (nSPS) is 26.6. The summed E-state index contributed by atoms with van der Waals surface area (Å²) in [5.74, 6) is 1.37. The minimum Gasteiger partial charge on any atom is -0.295 e. The van der Waals surface area contributed by atoms with Crippen molar-refractivity contribution in [3.63, 3.8) is 0 Å². The maximum absolute atomic E-state index is 11.2. The highest BCUT2D eigenvalue weighted by atomic mass is 16.1. The highest BCUT2D eigenvalue weighted by Crippen LogP contribution is 2.48. The molecule has 1 heteroatoms. The monoisotopic (exact) mass is 184 g/mol. The van der Waals surface area contributed by atoms with E-state index in [-0.39, 0.29) is 5.78 Å². The van der Waals surface area contributed by atoms with Gasteiger partial charge in [0.05, 0.1) is 0 Å². The van der Waals surface area contributed by atoms with Gasteiger partial charge in [0.1, 0.15) is 0 Å². The first-order chi connectivity index (χ1) is 6.75. The van der Waals surface area contributed by atoms with E-state index in [1.54, 1.807) is 6.92 Å². The van der Waals surface area contributed by atoms with Crippen LogP contribution in [0.4, 0.5) is 0 Å². The summed E-state index contributed by atoms with van der Waals surface area (Å²) in [5.41, 5.74) is 3.66. The smallest absolute Gasteiger partial charge is 0.159 e. The molecule has 70 valence electrons. The minimum atomic E-state index is 0.166. The van der Waals surface area contributed by atoms with Crippen molar-refractivity contribution in [1.82, 2.24) is 0 Å². The van der Waals surface area contributed by atoms with Gasteiger partial charge in [-0.3, -0.25) is 4.79 Å². The Balaban J connectivity index is 2.15. The highest BCUT2D eigenvalue weighted by Gasteiger charge is 2.32. The molecule has 0 spiro atoms. The number of rotatable bonds is 1. The van der Waals surface area contributed by atoms with Crippen LogP contribution >= 0.6 is 0 Å². The Morgan fingerprint density at radius 3 is 2.64 bits per heavy atom. The number of Topliss-reactive ketones (excluding diaryl/α,β-unsaturated/α-hetero) is 1. The van der Waals surface area contributed by atoms with Crippen LogP contribution in [0, 0.1) is 0 Å². The van der Waals surface area contributed by atoms with Crippen LogP contribution in [0.25, 0.3) is 0 Å². The van der Waals surface area contributed by atoms with Gasteiger partial charge in [-0.1, -0.05) is 24.3 Å². The molecule has 0 heterocycles. The predicted octanol–water partition coefficient (Wildman–Crippen LogP) is 3.03. The van der Waals surface area contributed by atoms with Crippen LogP contribution in [0.2, 0.25) is 0 Å². The molecule has 3 rings (SSSR count). The summed E-state index contributed by atoms with van der Waals surface area (Å²) in [6.45, 7) is 1.63. The maximum atomic E-state index is 11.2. The molecule has 1 aromatic rings. The molecule has 2 aliphatic carbocycles. The van der Waals surface area contributed by atoms with E-state index in [0.717, 1.165) is 5.56 Å². The van der Waals surface area contributed by atoms with E-state index in [4.69, 9.17) is 0 Å². The van der Waals surface area contributed by atoms with Crippen LogP contribution in [0.15, 0.2) is 30.4 Å². The number of benzene rings is 1. The molecule has 0 aliphatic heterocycles. The Kier molecular flexibility index (Phi) is 1.46. The summed E-state index contributed by atoms with van der Waals surface area (Å²) in [4.78, 5) is 11.2. The van der Waals surface area contributed by atoms with Crippen molar-refractivity contribution in [2.75, 3.05) is 0 Å². The van der Waals surface area contributed by atoms with Crippen molar-refractivity contribution in [3.05, 3.63) is 47.0 Å². The Hall–Kier alpha value is -1.37. The molecule has 14 heavy (non-hydrogen) atoms. The van der Waals surface area contributed by atoms with E-state index in [9.17, 15) is 4.79 Å². The third-order valence-corrected chi connectivity index (χ3v) is 3.38. The number of allylic oxidation sites excluding steroid dienone is 2. The molecule has 2 aliphatic rings. The Morgan fingerprint density at radius 2 is 1.93 bits per heavy atom. The largest absolute Gasteiger partial charge is 0.295 e. The van der Waals surface area contributed by atoms with E-state index in [1.807, 2.05) is 6.07 Å². The van der Waals surface area contributed by atoms with Crippen molar-refractivity contribution in [2.45, 2.75) is 25.2 Å². The molecule has 0 radical (unpaired) electrons. The van der Waals surface area contributed by atoms with Crippen molar-refractivity contribution in [2.24, 2.45) is 0 Å². The molecule has 0 saturated heterocycles. The van der Waals surface area contributed by atoms with Crippen molar-refractivity contribution in [1.29, 1.82) is 0 Å². The lowest BCUT2D eigenvalue weighted by Crippen LogP contribution is -1.98. The second-order valence-electron chi connectivity index (χ2n) is 4.23. The van der Waals surface area contributed by atoms with Crippen LogP contribution in [0.5, 0.6) is 0 Å². The maximum Gasteiger partial charge on any atom is 0.159 e. The molecule has 0 amide bonds. The Bertz CT molecular complexity index is 443. The predicted molar refractivity (Wildman–Crippen MR) is 55.7 cm³/mol. The summed E-state index contributed by atoms with van der Waals surface area (Å²) in [6, 6.07) is 6.15. The zero-order valence-electron chi connectivity index (χ0n) is 8.16. The first-order valence-corrected chi connectivity index (χ1v) is 5.09. The van der Waals surface area contributed by atoms with Crippen LogP contribution in [0.3, 0.4) is 0 Å². The lowest BCUT2D eigenvalue weighted by Gasteiger charge is -2.10. The Morgan fingerprint density at radius 1 is 1.21 bits per heavy atom. The number of hydrogen-bond donors (Lipinski definition) is 0. The lowest BCUT2D eigenvalue weighted by atomic mass is 9.94. The fourth-order valence-corrected chi connectivity index (χ4v) is 2.61. The summed E-state index contributed by atoms with van der Waals surface area (Å²) in [5, 5.41) is 0. The SMILES string of the molecule is CC(=O)c1ccc2c(c1)C1C=CC2C1. The second kappa shape index (κ2) is 2.57. The number of carbonyl (C=O) groups excluding carboxylic acids is 1. The molecule has 2 bridgehead atoms. The van der Waals surface area contributed by atoms with E-state index >= 15 is 0 Å². The summed E-state index contributed by atoms with van der Waals surface area (Å²) >= 11 is 0. The molecule has 0 saturated carbocycles. The second-order valence-corrected chi connectivity index (χ2v) is 4.23. The van der Waals surface area contributed by atoms with Gasteiger partial charge in [-0.2, -0.15) is 0 Å². The van der Waals surface area contributed by atoms with Gasteiger partial charge in [0.2, 0.25) is 0 Å². The fraction of sp³-hybridized carbons (Fsp3) is 0.308. The molecular weight excluding hydrogens is 172 g/mol. The fourth-order valence-electron chi connectivity index (χ4n) is 2.61. The summed E-state index contributed by atoms with van der Waals surface area (Å²) in [6.07, 6.45) is 5.79. The summed E-state index contributed by atoms with van der Waals surface area (Å²) < 4.78 is 0. The van der Waals surface area contributed by atoms with Gasteiger partial charge >= 0.3 is 0 Å². The third kappa shape index (κ3) is 0.926. The van der Waals surface area contributed by atoms with E-state index < -0.39 is 0 Å². The molecular formula is C13H12O. The van der Waals surface area contributed by atoms with Crippen LogP contribution in [-0.2, 0) is 0 Å². The number of carbonyl (C=O) groups is 1. The van der Waals surface area contributed by atoms with E-state index in [2.05, 4.69) is 24.3 Å². The molecule has 1 nitrogen and oxygen atoms in total. The molecule has 0 aromatic heterocycles. The minimum absolute atomic E-state index is 0.166. The van der Waals surface area contributed by atoms with Crippen molar-refractivity contribution in [3.8, 4) is 0 Å². The number of fused-ring (bicyclic) bond motifs is 5.